The van der Waals surface area contributed by atoms with Crippen LogP contribution in [0.3, 0.4) is 0 Å². The second-order valence-corrected chi connectivity index (χ2v) is 5.69. The summed E-state index contributed by atoms with van der Waals surface area (Å²) in [5.74, 6) is 2.31. The van der Waals surface area contributed by atoms with E-state index in [0.29, 0.717) is 6.54 Å². The molecule has 0 aliphatic rings. The molecule has 2 aromatic heterocycles. The summed E-state index contributed by atoms with van der Waals surface area (Å²) in [6.45, 7) is 2.40. The van der Waals surface area contributed by atoms with Crippen molar-refractivity contribution in [2.45, 2.75) is 6.92 Å². The lowest BCUT2D eigenvalue weighted by atomic mass is 10.1. The Hall–Kier alpha value is -2.18. The molecule has 0 aliphatic carbocycles. The molecule has 0 fully saturated rings. The molecule has 114 valence electrons. The minimum atomic E-state index is 0.0621. The number of aliphatic hydroxyl groups excluding tert-OH is 1. The minimum absolute atomic E-state index is 0.0621. The van der Waals surface area contributed by atoms with Crippen molar-refractivity contribution in [1.29, 1.82) is 0 Å². The zero-order valence-corrected chi connectivity index (χ0v) is 13.3. The summed E-state index contributed by atoms with van der Waals surface area (Å²) in [5, 5.41) is 15.3. The second-order valence-electron chi connectivity index (χ2n) is 4.83. The summed E-state index contributed by atoms with van der Waals surface area (Å²) in [4.78, 5) is 9.93. The van der Waals surface area contributed by atoms with Crippen molar-refractivity contribution in [2.75, 3.05) is 25.6 Å². The molecule has 0 aliphatic heterocycles. The SMILES string of the molecule is COc1ccc(-c2csc3nc(C)nc(NCCO)c23)cc1. The van der Waals surface area contributed by atoms with Crippen LogP contribution in [0.2, 0.25) is 0 Å². The van der Waals surface area contributed by atoms with Crippen LogP contribution in [0.4, 0.5) is 5.82 Å². The predicted molar refractivity (Wildman–Crippen MR) is 89.7 cm³/mol. The summed E-state index contributed by atoms with van der Waals surface area (Å²) in [6.07, 6.45) is 0. The zero-order valence-electron chi connectivity index (χ0n) is 12.5. The quantitative estimate of drug-likeness (QED) is 0.757. The lowest BCUT2D eigenvalue weighted by Gasteiger charge is -2.08. The lowest BCUT2D eigenvalue weighted by Crippen LogP contribution is -2.08. The maximum Gasteiger partial charge on any atom is 0.139 e. The molecule has 2 heterocycles. The molecule has 3 aromatic rings. The van der Waals surface area contributed by atoms with Crippen LogP contribution in [0.25, 0.3) is 21.3 Å². The van der Waals surface area contributed by atoms with Crippen LogP contribution in [0.15, 0.2) is 29.6 Å². The predicted octanol–water partition coefficient (Wildman–Crippen LogP) is 3.08. The third-order valence-corrected chi connectivity index (χ3v) is 4.22. The van der Waals surface area contributed by atoms with E-state index in [2.05, 4.69) is 20.7 Å². The van der Waals surface area contributed by atoms with Gasteiger partial charge in [0.25, 0.3) is 0 Å². The number of benzene rings is 1. The van der Waals surface area contributed by atoms with Crippen molar-refractivity contribution in [3.63, 3.8) is 0 Å². The van der Waals surface area contributed by atoms with Gasteiger partial charge in [-0.25, -0.2) is 9.97 Å². The molecule has 0 unspecified atom stereocenters. The summed E-state index contributed by atoms with van der Waals surface area (Å²) >= 11 is 1.60. The highest BCUT2D eigenvalue weighted by Gasteiger charge is 2.14. The lowest BCUT2D eigenvalue weighted by molar-refractivity contribution is 0.311. The third-order valence-electron chi connectivity index (χ3n) is 3.35. The van der Waals surface area contributed by atoms with Gasteiger partial charge in [-0.2, -0.15) is 0 Å². The summed E-state index contributed by atoms with van der Waals surface area (Å²) in [7, 11) is 1.66. The first kappa shape index (κ1) is 14.7. The van der Waals surface area contributed by atoms with Gasteiger partial charge in [0, 0.05) is 17.5 Å². The number of rotatable bonds is 5. The number of thiophene rings is 1. The molecule has 0 saturated heterocycles. The molecule has 0 saturated carbocycles. The van der Waals surface area contributed by atoms with E-state index < -0.39 is 0 Å². The van der Waals surface area contributed by atoms with E-state index in [1.807, 2.05) is 31.2 Å². The molecular formula is C16H17N3O2S. The summed E-state index contributed by atoms with van der Waals surface area (Å²) in [5.41, 5.74) is 2.18. The smallest absolute Gasteiger partial charge is 0.139 e. The number of aromatic nitrogens is 2. The maximum atomic E-state index is 9.05. The second kappa shape index (κ2) is 6.29. The molecule has 1 aromatic carbocycles. The number of methoxy groups -OCH3 is 1. The first-order chi connectivity index (χ1) is 10.7. The van der Waals surface area contributed by atoms with Crippen LogP contribution >= 0.6 is 11.3 Å². The Morgan fingerprint density at radius 2 is 2.00 bits per heavy atom. The van der Waals surface area contributed by atoms with Gasteiger partial charge >= 0.3 is 0 Å². The zero-order chi connectivity index (χ0) is 15.5. The largest absolute Gasteiger partial charge is 0.497 e. The molecule has 0 atom stereocenters. The molecule has 0 radical (unpaired) electrons. The topological polar surface area (TPSA) is 67.3 Å². The highest BCUT2D eigenvalue weighted by molar-refractivity contribution is 7.17. The van der Waals surface area contributed by atoms with Crippen molar-refractivity contribution in [2.24, 2.45) is 0 Å². The van der Waals surface area contributed by atoms with E-state index in [-0.39, 0.29) is 6.61 Å². The molecule has 0 bridgehead atoms. The van der Waals surface area contributed by atoms with Gasteiger partial charge in [0.2, 0.25) is 0 Å². The third kappa shape index (κ3) is 2.75. The Bertz CT molecular complexity index is 784. The van der Waals surface area contributed by atoms with Crippen LogP contribution in [0, 0.1) is 6.92 Å². The Morgan fingerprint density at radius 1 is 1.23 bits per heavy atom. The van der Waals surface area contributed by atoms with Gasteiger partial charge in [-0.3, -0.25) is 0 Å². The molecular weight excluding hydrogens is 298 g/mol. The van der Waals surface area contributed by atoms with E-state index in [9.17, 15) is 0 Å². The van der Waals surface area contributed by atoms with Crippen LogP contribution in [0.1, 0.15) is 5.82 Å². The summed E-state index contributed by atoms with van der Waals surface area (Å²) in [6, 6.07) is 7.93. The number of nitrogens with zero attached hydrogens (tertiary/aromatic N) is 2. The summed E-state index contributed by atoms with van der Waals surface area (Å²) < 4.78 is 5.20. The average Bonchev–Trinajstić information content (AvgIpc) is 2.96. The monoisotopic (exact) mass is 315 g/mol. The Labute approximate surface area is 132 Å². The standard InChI is InChI=1S/C16H17N3O2S/c1-10-18-15(17-7-8-20)14-13(9-22-16(14)19-10)11-3-5-12(21-2)6-4-11/h3-6,9,20H,7-8H2,1-2H3,(H,17,18,19). The number of aryl methyl sites for hydroxylation is 1. The number of hydrogen-bond acceptors (Lipinski definition) is 6. The Balaban J connectivity index is 2.12. The molecule has 22 heavy (non-hydrogen) atoms. The van der Waals surface area contributed by atoms with Crippen molar-refractivity contribution in [1.82, 2.24) is 9.97 Å². The van der Waals surface area contributed by atoms with E-state index in [4.69, 9.17) is 9.84 Å². The van der Waals surface area contributed by atoms with Gasteiger partial charge < -0.3 is 15.2 Å². The van der Waals surface area contributed by atoms with Gasteiger partial charge in [0.05, 0.1) is 19.1 Å². The van der Waals surface area contributed by atoms with Crippen molar-refractivity contribution in [3.8, 4) is 16.9 Å². The van der Waals surface area contributed by atoms with Crippen molar-refractivity contribution >= 4 is 27.4 Å². The van der Waals surface area contributed by atoms with Gasteiger partial charge in [-0.15, -0.1) is 11.3 Å². The maximum absolute atomic E-state index is 9.05. The van der Waals surface area contributed by atoms with Gasteiger partial charge in [0.1, 0.15) is 22.2 Å². The fourth-order valence-corrected chi connectivity index (χ4v) is 3.33. The van der Waals surface area contributed by atoms with Gasteiger partial charge in [0.15, 0.2) is 0 Å². The van der Waals surface area contributed by atoms with Crippen LogP contribution in [0.5, 0.6) is 5.75 Å². The normalized spacial score (nSPS) is 10.9. The van der Waals surface area contributed by atoms with Crippen LogP contribution in [-0.2, 0) is 0 Å². The number of anilines is 1. The number of fused-ring (bicyclic) bond motifs is 1. The fraction of sp³-hybridized carbons (Fsp3) is 0.250. The van der Waals surface area contributed by atoms with Crippen molar-refractivity contribution in [3.05, 3.63) is 35.5 Å². The van der Waals surface area contributed by atoms with Gasteiger partial charge in [-0.1, -0.05) is 12.1 Å². The van der Waals surface area contributed by atoms with Crippen LogP contribution in [-0.4, -0.2) is 35.3 Å². The molecule has 2 N–H and O–H groups in total. The molecule has 3 rings (SSSR count). The first-order valence-electron chi connectivity index (χ1n) is 6.98. The number of nitrogens with one attached hydrogen (secondary N) is 1. The highest BCUT2D eigenvalue weighted by Crippen LogP contribution is 2.37. The number of hydrogen-bond donors (Lipinski definition) is 2. The molecule has 5 nitrogen and oxygen atoms in total. The highest BCUT2D eigenvalue weighted by atomic mass is 32.1. The molecule has 0 spiro atoms. The van der Waals surface area contributed by atoms with E-state index >= 15 is 0 Å². The molecule has 6 heteroatoms. The van der Waals surface area contributed by atoms with E-state index in [0.717, 1.165) is 38.7 Å². The molecule has 0 amide bonds. The first-order valence-corrected chi connectivity index (χ1v) is 7.86. The van der Waals surface area contributed by atoms with Crippen molar-refractivity contribution < 1.29 is 9.84 Å². The van der Waals surface area contributed by atoms with E-state index in [1.54, 1.807) is 18.4 Å². The number of aliphatic hydroxyl groups is 1. The Morgan fingerprint density at radius 3 is 2.68 bits per heavy atom. The minimum Gasteiger partial charge on any atom is -0.497 e. The van der Waals surface area contributed by atoms with Crippen LogP contribution < -0.4 is 10.1 Å². The fourth-order valence-electron chi connectivity index (χ4n) is 2.33. The van der Waals surface area contributed by atoms with E-state index in [1.165, 1.54) is 0 Å². The average molecular weight is 315 g/mol. The number of ether oxygens (including phenoxy) is 1. The van der Waals surface area contributed by atoms with Gasteiger partial charge in [-0.05, 0) is 24.6 Å². The Kier molecular flexibility index (Phi) is 4.22.